The highest BCUT2D eigenvalue weighted by atomic mass is 16.5. The number of aryl methyl sites for hydroxylation is 2. The lowest BCUT2D eigenvalue weighted by atomic mass is 10.1. The van der Waals surface area contributed by atoms with Gasteiger partial charge in [0, 0.05) is 5.56 Å². The topological polar surface area (TPSA) is 68.3 Å². The molecule has 4 heteroatoms. The van der Waals surface area contributed by atoms with Crippen LogP contribution in [0.1, 0.15) is 22.3 Å². The zero-order valence-electron chi connectivity index (χ0n) is 12.6. The van der Waals surface area contributed by atoms with Crippen LogP contribution in [0, 0.1) is 19.3 Å². The molecule has 0 heterocycles. The number of rotatable bonds is 5. The molecule has 0 radical (unpaired) electrons. The highest BCUT2D eigenvalue weighted by Crippen LogP contribution is 2.28. The van der Waals surface area contributed by atoms with E-state index in [4.69, 9.17) is 20.6 Å². The van der Waals surface area contributed by atoms with E-state index in [-0.39, 0.29) is 5.84 Å². The minimum atomic E-state index is 0.00834. The Morgan fingerprint density at radius 1 is 1.05 bits per heavy atom. The van der Waals surface area contributed by atoms with E-state index < -0.39 is 0 Å². The molecule has 2 aromatic rings. The van der Waals surface area contributed by atoms with Crippen molar-refractivity contribution in [2.24, 2.45) is 5.73 Å². The van der Waals surface area contributed by atoms with Crippen molar-refractivity contribution in [3.8, 4) is 11.5 Å². The predicted molar refractivity (Wildman–Crippen MR) is 84.3 cm³/mol. The highest BCUT2D eigenvalue weighted by Gasteiger charge is 2.08. The second-order valence-electron chi connectivity index (χ2n) is 4.99. The number of nitrogen functional groups attached to an aromatic ring is 1. The number of hydrogen-bond acceptors (Lipinski definition) is 3. The molecule has 110 valence electrons. The molecule has 0 aromatic heterocycles. The largest absolute Gasteiger partial charge is 0.493 e. The SMILES string of the molecule is COc1cc(C(=N)N)ccc1OCc1ccc(C)c(C)c1. The summed E-state index contributed by atoms with van der Waals surface area (Å²) in [6.07, 6.45) is 0. The summed E-state index contributed by atoms with van der Waals surface area (Å²) >= 11 is 0. The smallest absolute Gasteiger partial charge is 0.161 e. The second-order valence-corrected chi connectivity index (χ2v) is 4.99. The normalized spacial score (nSPS) is 10.2. The van der Waals surface area contributed by atoms with E-state index in [0.717, 1.165) is 5.56 Å². The Labute approximate surface area is 125 Å². The Morgan fingerprint density at radius 2 is 1.81 bits per heavy atom. The van der Waals surface area contributed by atoms with Crippen molar-refractivity contribution < 1.29 is 9.47 Å². The van der Waals surface area contributed by atoms with Crippen molar-refractivity contribution in [3.05, 3.63) is 58.7 Å². The highest BCUT2D eigenvalue weighted by molar-refractivity contribution is 5.95. The van der Waals surface area contributed by atoms with E-state index in [2.05, 4.69) is 32.0 Å². The van der Waals surface area contributed by atoms with E-state index in [9.17, 15) is 0 Å². The zero-order chi connectivity index (χ0) is 15.4. The molecule has 0 aliphatic rings. The molecule has 0 amide bonds. The van der Waals surface area contributed by atoms with Crippen LogP contribution in [0.25, 0.3) is 0 Å². The average Bonchev–Trinajstić information content (AvgIpc) is 2.48. The molecule has 0 spiro atoms. The van der Waals surface area contributed by atoms with E-state index in [1.54, 1.807) is 25.3 Å². The van der Waals surface area contributed by atoms with Crippen LogP contribution in [0.15, 0.2) is 36.4 Å². The third-order valence-corrected chi connectivity index (χ3v) is 3.44. The third-order valence-electron chi connectivity index (χ3n) is 3.44. The fraction of sp³-hybridized carbons (Fsp3) is 0.235. The number of nitrogens with two attached hydrogens (primary N) is 1. The summed E-state index contributed by atoms with van der Waals surface area (Å²) in [6.45, 7) is 4.64. The fourth-order valence-corrected chi connectivity index (χ4v) is 2.01. The summed E-state index contributed by atoms with van der Waals surface area (Å²) in [5.41, 5.74) is 9.70. The third kappa shape index (κ3) is 3.54. The summed E-state index contributed by atoms with van der Waals surface area (Å²) in [5, 5.41) is 7.44. The Bertz CT molecular complexity index is 666. The minimum absolute atomic E-state index is 0.00834. The second kappa shape index (κ2) is 6.31. The molecule has 0 saturated carbocycles. The maximum Gasteiger partial charge on any atom is 0.161 e. The van der Waals surface area contributed by atoms with Gasteiger partial charge >= 0.3 is 0 Å². The first kappa shape index (κ1) is 14.9. The van der Waals surface area contributed by atoms with Crippen LogP contribution < -0.4 is 15.2 Å². The summed E-state index contributed by atoms with van der Waals surface area (Å²) in [5.74, 6) is 1.22. The maximum absolute atomic E-state index is 7.44. The molecule has 21 heavy (non-hydrogen) atoms. The molecule has 0 aliphatic heterocycles. The standard InChI is InChI=1S/C17H20N2O2/c1-11-4-5-13(8-12(11)2)10-21-15-7-6-14(17(18)19)9-16(15)20-3/h4-9H,10H2,1-3H3,(H3,18,19). The predicted octanol–water partition coefficient (Wildman–Crippen LogP) is 3.18. The van der Waals surface area contributed by atoms with Gasteiger partial charge in [0.15, 0.2) is 11.5 Å². The molecule has 0 bridgehead atoms. The van der Waals surface area contributed by atoms with Gasteiger partial charge in [-0.05, 0) is 48.7 Å². The van der Waals surface area contributed by atoms with Crippen molar-refractivity contribution >= 4 is 5.84 Å². The van der Waals surface area contributed by atoms with Gasteiger partial charge in [0.2, 0.25) is 0 Å². The quantitative estimate of drug-likeness (QED) is 0.654. The van der Waals surface area contributed by atoms with Crippen LogP contribution in [-0.4, -0.2) is 12.9 Å². The molecule has 3 N–H and O–H groups in total. The number of hydrogen-bond donors (Lipinski definition) is 2. The van der Waals surface area contributed by atoms with Crippen LogP contribution >= 0.6 is 0 Å². The summed E-state index contributed by atoms with van der Waals surface area (Å²) in [7, 11) is 1.57. The van der Waals surface area contributed by atoms with Gasteiger partial charge in [-0.2, -0.15) is 0 Å². The van der Waals surface area contributed by atoms with Crippen LogP contribution in [0.5, 0.6) is 11.5 Å². The van der Waals surface area contributed by atoms with E-state index in [0.29, 0.717) is 23.7 Å². The Hall–Kier alpha value is -2.49. The molecular weight excluding hydrogens is 264 g/mol. The molecule has 0 saturated heterocycles. The van der Waals surface area contributed by atoms with Crippen LogP contribution in [0.4, 0.5) is 0 Å². The number of amidine groups is 1. The van der Waals surface area contributed by atoms with Crippen LogP contribution in [0.2, 0.25) is 0 Å². The number of ether oxygens (including phenoxy) is 2. The molecule has 0 fully saturated rings. The lowest BCUT2D eigenvalue weighted by Crippen LogP contribution is -2.11. The van der Waals surface area contributed by atoms with E-state index >= 15 is 0 Å². The lowest BCUT2D eigenvalue weighted by Gasteiger charge is -2.12. The van der Waals surface area contributed by atoms with E-state index in [1.807, 2.05) is 0 Å². The molecule has 4 nitrogen and oxygen atoms in total. The average molecular weight is 284 g/mol. The van der Waals surface area contributed by atoms with Gasteiger partial charge in [-0.1, -0.05) is 18.2 Å². The molecule has 0 atom stereocenters. The first-order chi connectivity index (χ1) is 10.0. The number of methoxy groups -OCH3 is 1. The van der Waals surface area contributed by atoms with Gasteiger partial charge in [0.25, 0.3) is 0 Å². The number of nitrogens with one attached hydrogen (secondary N) is 1. The summed E-state index contributed by atoms with van der Waals surface area (Å²) < 4.78 is 11.1. The van der Waals surface area contributed by atoms with Gasteiger partial charge in [-0.3, -0.25) is 5.41 Å². The summed E-state index contributed by atoms with van der Waals surface area (Å²) in [4.78, 5) is 0. The lowest BCUT2D eigenvalue weighted by molar-refractivity contribution is 0.284. The molecule has 2 aromatic carbocycles. The van der Waals surface area contributed by atoms with Gasteiger partial charge in [-0.25, -0.2) is 0 Å². The molecule has 0 unspecified atom stereocenters. The molecule has 2 rings (SSSR count). The van der Waals surface area contributed by atoms with Crippen molar-refractivity contribution in [3.63, 3.8) is 0 Å². The van der Waals surface area contributed by atoms with Gasteiger partial charge < -0.3 is 15.2 Å². The Kier molecular flexibility index (Phi) is 4.48. The molecular formula is C17H20N2O2. The van der Waals surface area contributed by atoms with Gasteiger partial charge in [-0.15, -0.1) is 0 Å². The Morgan fingerprint density at radius 3 is 2.43 bits per heavy atom. The van der Waals surface area contributed by atoms with Crippen molar-refractivity contribution in [1.29, 1.82) is 5.41 Å². The van der Waals surface area contributed by atoms with E-state index in [1.165, 1.54) is 11.1 Å². The zero-order valence-corrected chi connectivity index (χ0v) is 12.6. The first-order valence-corrected chi connectivity index (χ1v) is 6.72. The fourth-order valence-electron chi connectivity index (χ4n) is 2.01. The first-order valence-electron chi connectivity index (χ1n) is 6.72. The van der Waals surface area contributed by atoms with Gasteiger partial charge in [0.1, 0.15) is 12.4 Å². The van der Waals surface area contributed by atoms with Crippen molar-refractivity contribution in [2.75, 3.05) is 7.11 Å². The monoisotopic (exact) mass is 284 g/mol. The van der Waals surface area contributed by atoms with Crippen molar-refractivity contribution in [1.82, 2.24) is 0 Å². The van der Waals surface area contributed by atoms with Gasteiger partial charge in [0.05, 0.1) is 7.11 Å². The Balaban J connectivity index is 2.15. The number of benzene rings is 2. The maximum atomic E-state index is 7.44. The van der Waals surface area contributed by atoms with Crippen molar-refractivity contribution in [2.45, 2.75) is 20.5 Å². The minimum Gasteiger partial charge on any atom is -0.493 e. The molecule has 0 aliphatic carbocycles. The van der Waals surface area contributed by atoms with Crippen LogP contribution in [-0.2, 0) is 6.61 Å². The van der Waals surface area contributed by atoms with Crippen LogP contribution in [0.3, 0.4) is 0 Å². The summed E-state index contributed by atoms with van der Waals surface area (Å²) in [6, 6.07) is 11.5.